The van der Waals surface area contributed by atoms with Crippen LogP contribution in [0.4, 0.5) is 17.1 Å². The van der Waals surface area contributed by atoms with Gasteiger partial charge in [0.25, 0.3) is 23.6 Å². The van der Waals surface area contributed by atoms with Gasteiger partial charge in [-0.3, -0.25) is 19.2 Å². The lowest BCUT2D eigenvalue weighted by Gasteiger charge is -2.22. The molecule has 2 heterocycles. The topological polar surface area (TPSA) is 101 Å². The van der Waals surface area contributed by atoms with Crippen LogP contribution in [0.2, 0.25) is 0 Å². The van der Waals surface area contributed by atoms with E-state index in [0.29, 0.717) is 39.3 Å². The molecule has 7 aromatic rings. The first kappa shape index (κ1) is 38.2. The molecule has 60 heavy (non-hydrogen) atoms. The molecule has 0 bridgehead atoms. The zero-order valence-corrected chi connectivity index (χ0v) is 34.7. The molecule has 0 atom stereocenters. The lowest BCUT2D eigenvalue weighted by atomic mass is 9.87. The van der Waals surface area contributed by atoms with Crippen molar-refractivity contribution < 1.29 is 19.2 Å². The maximum Gasteiger partial charge on any atom is 0.266 e. The number of nitrogens with two attached hydrogens (primary N) is 1. The minimum Gasteiger partial charge on any atom is -0.399 e. The number of imide groups is 2. The van der Waals surface area contributed by atoms with Crippen LogP contribution < -0.4 is 15.5 Å². The minimum atomic E-state index is -0.338. The summed E-state index contributed by atoms with van der Waals surface area (Å²) >= 11 is 0. The third-order valence-electron chi connectivity index (χ3n) is 12.0. The van der Waals surface area contributed by atoms with Crippen molar-refractivity contribution in [2.75, 3.05) is 15.5 Å². The number of hydrogen-bond acceptors (Lipinski definition) is 5. The Balaban J connectivity index is 0.998. The molecule has 0 aliphatic carbocycles. The Morgan fingerprint density at radius 3 is 1.20 bits per heavy atom. The normalized spacial score (nSPS) is 13.4. The van der Waals surface area contributed by atoms with E-state index in [4.69, 9.17) is 5.73 Å². The molecule has 294 valence electrons. The van der Waals surface area contributed by atoms with E-state index in [1.807, 2.05) is 113 Å². The second kappa shape index (κ2) is 14.2. The van der Waals surface area contributed by atoms with Crippen LogP contribution in [-0.4, -0.2) is 23.6 Å². The summed E-state index contributed by atoms with van der Waals surface area (Å²) < 4.78 is 0. The number of nitrogens with zero attached hydrogens (tertiary/aromatic N) is 2. The van der Waals surface area contributed by atoms with Crippen molar-refractivity contribution in [1.82, 2.24) is 0 Å². The van der Waals surface area contributed by atoms with Crippen LogP contribution >= 0.6 is 0 Å². The van der Waals surface area contributed by atoms with Gasteiger partial charge < -0.3 is 5.73 Å². The molecule has 9 rings (SSSR count). The molecule has 0 aromatic heterocycles. The highest BCUT2D eigenvalue weighted by Crippen LogP contribution is 2.42. The molecule has 7 aromatic carbocycles. The first-order valence-electron chi connectivity index (χ1n) is 20.0. The van der Waals surface area contributed by atoms with Gasteiger partial charge in [-0.25, -0.2) is 9.80 Å². The van der Waals surface area contributed by atoms with E-state index >= 15 is 0 Å². The van der Waals surface area contributed by atoms with Crippen LogP contribution in [0.5, 0.6) is 0 Å². The van der Waals surface area contributed by atoms with Gasteiger partial charge >= 0.3 is 0 Å². The molecule has 0 unspecified atom stereocenters. The molecule has 0 fully saturated rings. The number of anilines is 3. The zero-order chi connectivity index (χ0) is 42.3. The Morgan fingerprint density at radius 2 is 0.717 bits per heavy atom. The van der Waals surface area contributed by atoms with E-state index in [0.717, 1.165) is 83.5 Å². The van der Waals surface area contributed by atoms with Crippen molar-refractivity contribution in [2.24, 2.45) is 0 Å². The standard InChI is InChI=1S/C53H43N3O4/c1-28-8-10-35(11-9-28)37-14-18-43-45(26-37)52(59)55(50(43)57)42-24-31(4)48(32(5)25-42)39-20-29(2)47(30(3)21-39)40-22-33(6)49(34(7)23-40)56-51(58)44-19-15-38(27-46(44)53(56)60)36-12-16-41(54)17-13-36/h8-27H,54H2,1-7H3. The van der Waals surface area contributed by atoms with E-state index in [1.165, 1.54) is 9.80 Å². The largest absolute Gasteiger partial charge is 0.399 e. The van der Waals surface area contributed by atoms with Crippen molar-refractivity contribution in [3.63, 3.8) is 0 Å². The second-order valence-corrected chi connectivity index (χ2v) is 16.3. The van der Waals surface area contributed by atoms with E-state index in [1.54, 1.807) is 18.2 Å². The first-order valence-corrected chi connectivity index (χ1v) is 20.0. The van der Waals surface area contributed by atoms with Gasteiger partial charge in [-0.1, -0.05) is 66.2 Å². The quantitative estimate of drug-likeness (QED) is 0.134. The predicted octanol–water partition coefficient (Wildman–Crippen LogP) is 11.7. The van der Waals surface area contributed by atoms with Gasteiger partial charge in [-0.15, -0.1) is 0 Å². The molecular formula is C53H43N3O4. The molecule has 2 aliphatic rings. The van der Waals surface area contributed by atoms with Crippen LogP contribution in [0, 0.1) is 48.5 Å². The van der Waals surface area contributed by atoms with Crippen LogP contribution in [0.15, 0.2) is 121 Å². The summed E-state index contributed by atoms with van der Waals surface area (Å²) in [6.45, 7) is 14.1. The average molecular weight is 786 g/mol. The number of nitrogen functional groups attached to an aromatic ring is 1. The summed E-state index contributed by atoms with van der Waals surface area (Å²) in [6.07, 6.45) is 0. The summed E-state index contributed by atoms with van der Waals surface area (Å²) in [5, 5.41) is 0. The molecule has 7 nitrogen and oxygen atoms in total. The maximum atomic E-state index is 13.9. The first-order chi connectivity index (χ1) is 28.7. The van der Waals surface area contributed by atoms with Crippen molar-refractivity contribution in [3.05, 3.63) is 183 Å². The van der Waals surface area contributed by atoms with Gasteiger partial charge in [-0.05, 0) is 187 Å². The van der Waals surface area contributed by atoms with E-state index in [2.05, 4.69) is 38.1 Å². The number of amides is 4. The Bertz CT molecular complexity index is 2960. The number of carbonyl (C=O) groups is 4. The van der Waals surface area contributed by atoms with E-state index in [-0.39, 0.29) is 23.6 Å². The fourth-order valence-electron chi connectivity index (χ4n) is 9.24. The van der Waals surface area contributed by atoms with Gasteiger partial charge in [0.05, 0.1) is 33.6 Å². The highest BCUT2D eigenvalue weighted by Gasteiger charge is 2.39. The third kappa shape index (κ3) is 6.13. The highest BCUT2D eigenvalue weighted by atomic mass is 16.2. The number of carbonyl (C=O) groups excluding carboxylic acids is 4. The van der Waals surface area contributed by atoms with E-state index < -0.39 is 0 Å². The van der Waals surface area contributed by atoms with Gasteiger partial charge in [0.15, 0.2) is 0 Å². The minimum absolute atomic E-state index is 0.323. The predicted molar refractivity (Wildman–Crippen MR) is 241 cm³/mol. The maximum absolute atomic E-state index is 13.9. The Morgan fingerprint density at radius 1 is 0.350 bits per heavy atom. The van der Waals surface area contributed by atoms with Crippen molar-refractivity contribution in [1.29, 1.82) is 0 Å². The molecule has 2 aliphatic heterocycles. The van der Waals surface area contributed by atoms with Crippen molar-refractivity contribution >= 4 is 40.7 Å². The molecule has 0 saturated heterocycles. The fourth-order valence-corrected chi connectivity index (χ4v) is 9.24. The number of hydrogen-bond donors (Lipinski definition) is 1. The SMILES string of the molecule is Cc1ccc(-c2ccc3c(c2)C(=O)N(c2cc(C)c(-c4cc(C)c(-c5cc(C)c(N6C(=O)c7ccc(-c8ccc(N)cc8)cc7C6=O)c(C)c5)c(C)c4)c(C)c2)C3=O)cc1. The van der Waals surface area contributed by atoms with Crippen molar-refractivity contribution in [2.45, 2.75) is 48.5 Å². The van der Waals surface area contributed by atoms with Crippen LogP contribution in [-0.2, 0) is 0 Å². The molecule has 4 amide bonds. The molecule has 0 spiro atoms. The smallest absolute Gasteiger partial charge is 0.266 e. The van der Waals surface area contributed by atoms with Crippen LogP contribution in [0.3, 0.4) is 0 Å². The van der Waals surface area contributed by atoms with Gasteiger partial charge in [0.1, 0.15) is 0 Å². The van der Waals surface area contributed by atoms with Gasteiger partial charge in [0.2, 0.25) is 0 Å². The molecular weight excluding hydrogens is 743 g/mol. The van der Waals surface area contributed by atoms with Gasteiger partial charge in [-0.2, -0.15) is 0 Å². The van der Waals surface area contributed by atoms with Crippen molar-refractivity contribution in [3.8, 4) is 44.5 Å². The zero-order valence-electron chi connectivity index (χ0n) is 34.7. The van der Waals surface area contributed by atoms with E-state index in [9.17, 15) is 19.2 Å². The Kier molecular flexibility index (Phi) is 9.01. The summed E-state index contributed by atoms with van der Waals surface area (Å²) in [4.78, 5) is 57.9. The number of benzene rings is 7. The summed E-state index contributed by atoms with van der Waals surface area (Å²) in [5.41, 5.74) is 23.9. The molecule has 2 N–H and O–H groups in total. The Labute approximate surface area is 349 Å². The average Bonchev–Trinajstić information content (AvgIpc) is 3.60. The molecule has 7 heteroatoms. The summed E-state index contributed by atoms with van der Waals surface area (Å²) in [7, 11) is 0. The lowest BCUT2D eigenvalue weighted by Crippen LogP contribution is -2.30. The van der Waals surface area contributed by atoms with Crippen LogP contribution in [0.25, 0.3) is 44.5 Å². The lowest BCUT2D eigenvalue weighted by molar-refractivity contribution is 0.0910. The summed E-state index contributed by atoms with van der Waals surface area (Å²) in [6, 6.07) is 38.7. The Hall–Kier alpha value is -7.38. The molecule has 0 radical (unpaired) electrons. The summed E-state index contributed by atoms with van der Waals surface area (Å²) in [5.74, 6) is -1.32. The number of aryl methyl sites for hydroxylation is 7. The van der Waals surface area contributed by atoms with Crippen LogP contribution in [0.1, 0.15) is 80.4 Å². The molecule has 0 saturated carbocycles. The monoisotopic (exact) mass is 785 g/mol. The van der Waals surface area contributed by atoms with Gasteiger partial charge in [0, 0.05) is 5.69 Å². The fraction of sp³-hybridized carbons (Fsp3) is 0.132. The third-order valence-corrected chi connectivity index (χ3v) is 12.0. The number of fused-ring (bicyclic) bond motifs is 2. The second-order valence-electron chi connectivity index (χ2n) is 16.3. The highest BCUT2D eigenvalue weighted by molar-refractivity contribution is 6.36. The number of rotatable bonds is 6.